The third kappa shape index (κ3) is 6.73. The van der Waals surface area contributed by atoms with Gasteiger partial charge in [0.25, 0.3) is 0 Å². The van der Waals surface area contributed by atoms with E-state index < -0.39 is 36.2 Å². The number of halogens is 1. The first-order chi connectivity index (χ1) is 23.6. The van der Waals surface area contributed by atoms with E-state index in [0.717, 1.165) is 17.9 Å². The Morgan fingerprint density at radius 1 is 0.375 bits per heavy atom. The Labute approximate surface area is 291 Å². The van der Waals surface area contributed by atoms with Crippen molar-refractivity contribution in [3.8, 4) is 0 Å². The third-order valence-electron chi connectivity index (χ3n) is 8.59. The van der Waals surface area contributed by atoms with Gasteiger partial charge in [-0.2, -0.15) is 0 Å². The summed E-state index contributed by atoms with van der Waals surface area (Å²) in [6.45, 7) is 0. The van der Waals surface area contributed by atoms with Gasteiger partial charge in [0, 0.05) is 35.0 Å². The molecule has 0 spiro atoms. The van der Waals surface area contributed by atoms with Crippen LogP contribution in [0.1, 0.15) is 0 Å². The van der Waals surface area contributed by atoms with Gasteiger partial charge in [-0.05, 0) is 36.4 Å². The Morgan fingerprint density at radius 2 is 0.688 bits per heavy atom. The van der Waals surface area contributed by atoms with Crippen LogP contribution in [-0.2, 0) is 0 Å². The quantitative estimate of drug-likeness (QED) is 0.148. The molecular weight excluding hydrogens is 765 g/mol. The first-order valence-corrected chi connectivity index (χ1v) is 22.7. The van der Waals surface area contributed by atoms with Gasteiger partial charge in [0.05, 0.1) is 0 Å². The average Bonchev–Trinajstić information content (AvgIpc) is 3.14. The van der Waals surface area contributed by atoms with Crippen LogP contribution in [0.3, 0.4) is 0 Å². The van der Waals surface area contributed by atoms with Gasteiger partial charge in [0.1, 0.15) is 11.2 Å². The van der Waals surface area contributed by atoms with Gasteiger partial charge in [-0.15, -0.1) is 0 Å². The van der Waals surface area contributed by atoms with Crippen molar-refractivity contribution < 1.29 is 30.0 Å². The fourth-order valence-electron chi connectivity index (χ4n) is 6.43. The van der Waals surface area contributed by atoms with E-state index in [2.05, 4.69) is 121 Å². The molecule has 0 aliphatic rings. The summed E-state index contributed by atoms with van der Waals surface area (Å²) in [7, 11) is 0. The van der Waals surface area contributed by atoms with E-state index in [1.807, 2.05) is 36.4 Å². The molecule has 0 fully saturated rings. The molecule has 6 heteroatoms. The maximum atomic E-state index is 11.3. The standard InChI is InChI=1S/C18H10IO4.4C6H5.Ga/c20-17-7-3-11-1-5-13(9-15(11)22-17)19-14-6-2-12-4-8-18(21)23-16(12)10-14;4*1-2-4-6-5-3-1;/h1-10H;4*1-5H;/q+1;;;;;-1. The molecule has 0 aliphatic carbocycles. The third-order valence-corrected chi connectivity index (χ3v) is 22.8. The van der Waals surface area contributed by atoms with Crippen molar-refractivity contribution in [1.82, 2.24) is 0 Å². The van der Waals surface area contributed by atoms with Crippen LogP contribution in [0.2, 0.25) is 0 Å². The van der Waals surface area contributed by atoms with Gasteiger partial charge in [-0.1, -0.05) is 0 Å². The fourth-order valence-corrected chi connectivity index (χ4v) is 20.3. The van der Waals surface area contributed by atoms with Crippen molar-refractivity contribution in [2.24, 2.45) is 0 Å². The minimum absolute atomic E-state index is 0.347. The summed E-state index contributed by atoms with van der Waals surface area (Å²) in [4.78, 5) is 22.7. The van der Waals surface area contributed by atoms with E-state index in [-0.39, 0.29) is 11.3 Å². The molecule has 0 unspecified atom stereocenters. The van der Waals surface area contributed by atoms with E-state index in [1.54, 1.807) is 12.1 Å². The Kier molecular flexibility index (Phi) is 9.56. The summed E-state index contributed by atoms with van der Waals surface area (Å²) in [5, 5.41) is 1.81. The van der Waals surface area contributed by atoms with Crippen molar-refractivity contribution in [3.63, 3.8) is 0 Å². The fraction of sp³-hybridized carbons (Fsp3) is 0. The molecule has 0 N–H and O–H groups in total. The van der Waals surface area contributed by atoms with Crippen molar-refractivity contribution in [1.29, 1.82) is 0 Å². The molecular formula is C42H30GaIO4. The second-order valence-corrected chi connectivity index (χ2v) is 23.7. The summed E-state index contributed by atoms with van der Waals surface area (Å²) in [6.07, 6.45) is 0. The Bertz CT molecular complexity index is 2150. The van der Waals surface area contributed by atoms with Crippen LogP contribution in [0, 0.1) is 7.14 Å². The second-order valence-electron chi connectivity index (χ2n) is 11.5. The zero-order chi connectivity index (χ0) is 32.8. The van der Waals surface area contributed by atoms with E-state index in [4.69, 9.17) is 8.83 Å². The van der Waals surface area contributed by atoms with Gasteiger partial charge in [-0.3, -0.25) is 0 Å². The molecule has 8 aromatic rings. The molecule has 0 radical (unpaired) electrons. The summed E-state index contributed by atoms with van der Waals surface area (Å²) in [5.74, 6) is 0. The first-order valence-electron chi connectivity index (χ1n) is 15.7. The van der Waals surface area contributed by atoms with Crippen LogP contribution in [0.5, 0.6) is 0 Å². The summed E-state index contributed by atoms with van der Waals surface area (Å²) in [5.41, 5.74) is 0.504. The minimum atomic E-state index is -3.21. The van der Waals surface area contributed by atoms with Gasteiger partial charge in [0.2, 0.25) is 0 Å². The molecule has 8 rings (SSSR count). The predicted molar refractivity (Wildman–Crippen MR) is 192 cm³/mol. The Hall–Kier alpha value is -4.89. The molecule has 0 aliphatic heterocycles. The van der Waals surface area contributed by atoms with Crippen LogP contribution < -0.4 is 48.9 Å². The van der Waals surface area contributed by atoms with Crippen LogP contribution in [-0.4, -0.2) is 15.0 Å². The van der Waals surface area contributed by atoms with Gasteiger partial charge in [0.15, 0.2) is 7.14 Å². The molecule has 0 atom stereocenters. The van der Waals surface area contributed by atoms with E-state index >= 15 is 0 Å². The predicted octanol–water partition coefficient (Wildman–Crippen LogP) is 3.09. The number of hydrogen-bond acceptors (Lipinski definition) is 4. The maximum absolute atomic E-state index is 11.3. The van der Waals surface area contributed by atoms with Crippen molar-refractivity contribution >= 4 is 53.4 Å². The second kappa shape index (κ2) is 14.5. The van der Waals surface area contributed by atoms with Crippen LogP contribution in [0.4, 0.5) is 0 Å². The molecule has 0 bridgehead atoms. The monoisotopic (exact) mass is 794 g/mol. The van der Waals surface area contributed by atoms with Crippen LogP contribution >= 0.6 is 0 Å². The Balaban J connectivity index is 0.000000152. The van der Waals surface area contributed by atoms with Gasteiger partial charge >= 0.3 is 185 Å². The van der Waals surface area contributed by atoms with E-state index in [9.17, 15) is 9.59 Å². The molecule has 6 aromatic carbocycles. The zero-order valence-corrected chi connectivity index (χ0v) is 30.5. The molecule has 2 heterocycles. The van der Waals surface area contributed by atoms with Crippen molar-refractivity contribution in [2.75, 3.05) is 0 Å². The molecule has 0 saturated carbocycles. The number of fused-ring (bicyclic) bond motifs is 2. The van der Waals surface area contributed by atoms with Gasteiger partial charge in [-0.25, -0.2) is 9.59 Å². The normalized spacial score (nSPS) is 11.2. The first kappa shape index (κ1) is 31.7. The number of benzene rings is 6. The molecule has 4 nitrogen and oxygen atoms in total. The number of rotatable bonds is 6. The Morgan fingerprint density at radius 3 is 1.02 bits per heavy atom. The number of hydrogen-bond donors (Lipinski definition) is 0. The average molecular weight is 795 g/mol. The molecule has 48 heavy (non-hydrogen) atoms. The summed E-state index contributed by atoms with van der Waals surface area (Å²) >= 11 is -3.68. The van der Waals surface area contributed by atoms with E-state index in [0.29, 0.717) is 11.2 Å². The summed E-state index contributed by atoms with van der Waals surface area (Å²) in [6, 6.07) is 62.6. The summed E-state index contributed by atoms with van der Waals surface area (Å²) < 4.78 is 18.6. The van der Waals surface area contributed by atoms with Gasteiger partial charge < -0.3 is 8.83 Å². The molecule has 232 valence electrons. The SMILES string of the molecule is O=c1ccc2ccc([I+]c3ccc4ccc(=O)oc4c3)cc2o1.c1cc[c]([Ga-]([c]2ccccc2)([c]2ccccc2)[c]2ccccc2)cc1. The molecule has 0 amide bonds. The van der Waals surface area contributed by atoms with Crippen LogP contribution in [0.15, 0.2) is 200 Å². The van der Waals surface area contributed by atoms with E-state index in [1.165, 1.54) is 28.6 Å². The molecule has 0 saturated heterocycles. The van der Waals surface area contributed by atoms with Crippen molar-refractivity contribution in [3.05, 3.63) is 210 Å². The topological polar surface area (TPSA) is 60.4 Å². The van der Waals surface area contributed by atoms with Crippen LogP contribution in [0.25, 0.3) is 21.9 Å². The van der Waals surface area contributed by atoms with Crippen molar-refractivity contribution in [2.45, 2.75) is 0 Å². The zero-order valence-electron chi connectivity index (χ0n) is 25.9. The molecule has 2 aromatic heterocycles.